The molecule has 2 heterocycles. The Morgan fingerprint density at radius 3 is 2.74 bits per heavy atom. The number of amides is 3. The number of furan rings is 1. The van der Waals surface area contributed by atoms with Gasteiger partial charge in [0.15, 0.2) is 11.3 Å². The lowest BCUT2D eigenvalue weighted by molar-refractivity contribution is -0.137. The standard InChI is InChI=1S/C13H16N2O4/c1-4-9(16)8(2)15-11(17)13(3,14-12(15)18)10-6-5-7-19-10/h5-8H,4H2,1-3H3,(H,14,18). The van der Waals surface area contributed by atoms with E-state index in [-0.39, 0.29) is 12.2 Å². The number of nitrogens with one attached hydrogen (secondary N) is 1. The van der Waals surface area contributed by atoms with E-state index >= 15 is 0 Å². The lowest BCUT2D eigenvalue weighted by Crippen LogP contribution is -2.45. The number of hydrogen-bond acceptors (Lipinski definition) is 4. The van der Waals surface area contributed by atoms with E-state index in [1.54, 1.807) is 32.9 Å². The highest BCUT2D eigenvalue weighted by molar-refractivity contribution is 6.09. The van der Waals surface area contributed by atoms with Gasteiger partial charge in [-0.2, -0.15) is 0 Å². The highest BCUT2D eigenvalue weighted by Gasteiger charge is 2.53. The van der Waals surface area contributed by atoms with Crippen molar-refractivity contribution < 1.29 is 18.8 Å². The Hall–Kier alpha value is -2.11. The molecule has 0 aromatic carbocycles. The summed E-state index contributed by atoms with van der Waals surface area (Å²) in [6, 6.07) is 1.92. The molecule has 1 saturated heterocycles. The maximum absolute atomic E-state index is 12.4. The molecule has 0 radical (unpaired) electrons. The fraction of sp³-hybridized carbons (Fsp3) is 0.462. The van der Waals surface area contributed by atoms with Gasteiger partial charge in [-0.05, 0) is 26.0 Å². The molecule has 1 aromatic rings. The van der Waals surface area contributed by atoms with Crippen LogP contribution in [-0.2, 0) is 15.1 Å². The van der Waals surface area contributed by atoms with Gasteiger partial charge in [-0.25, -0.2) is 4.79 Å². The molecule has 0 aliphatic carbocycles. The first-order valence-electron chi connectivity index (χ1n) is 6.14. The summed E-state index contributed by atoms with van der Waals surface area (Å²) in [6.45, 7) is 4.81. The lowest BCUT2D eigenvalue weighted by atomic mass is 9.98. The fourth-order valence-corrected chi connectivity index (χ4v) is 2.18. The molecule has 2 atom stereocenters. The SMILES string of the molecule is CCC(=O)C(C)N1C(=O)NC(C)(c2ccco2)C1=O. The smallest absolute Gasteiger partial charge is 0.326 e. The number of imide groups is 1. The minimum atomic E-state index is -1.25. The van der Waals surface area contributed by atoms with Gasteiger partial charge in [-0.1, -0.05) is 6.92 Å². The molecule has 6 heteroatoms. The maximum atomic E-state index is 12.4. The Morgan fingerprint density at radius 1 is 1.53 bits per heavy atom. The van der Waals surface area contributed by atoms with Crippen LogP contribution in [0.2, 0.25) is 0 Å². The van der Waals surface area contributed by atoms with E-state index in [0.717, 1.165) is 4.90 Å². The zero-order valence-corrected chi connectivity index (χ0v) is 11.1. The van der Waals surface area contributed by atoms with Crippen LogP contribution < -0.4 is 5.32 Å². The molecule has 1 aromatic heterocycles. The Morgan fingerprint density at radius 2 is 2.21 bits per heavy atom. The highest BCUT2D eigenvalue weighted by atomic mass is 16.3. The first kappa shape index (κ1) is 13.3. The summed E-state index contributed by atoms with van der Waals surface area (Å²) in [5, 5.41) is 2.58. The fourth-order valence-electron chi connectivity index (χ4n) is 2.18. The Bertz CT molecular complexity index is 523. The van der Waals surface area contributed by atoms with Crippen LogP contribution in [0.15, 0.2) is 22.8 Å². The second kappa shape index (κ2) is 4.53. The molecule has 6 nitrogen and oxygen atoms in total. The monoisotopic (exact) mass is 264 g/mol. The minimum Gasteiger partial charge on any atom is -0.466 e. The van der Waals surface area contributed by atoms with Gasteiger partial charge in [-0.3, -0.25) is 14.5 Å². The quantitative estimate of drug-likeness (QED) is 0.834. The second-order valence-corrected chi connectivity index (χ2v) is 4.70. The first-order valence-corrected chi connectivity index (χ1v) is 6.14. The summed E-state index contributed by atoms with van der Waals surface area (Å²) in [6.07, 6.45) is 1.71. The molecule has 1 fully saturated rings. The normalized spacial score (nSPS) is 24.5. The van der Waals surface area contributed by atoms with Crippen molar-refractivity contribution in [2.45, 2.75) is 38.8 Å². The summed E-state index contributed by atoms with van der Waals surface area (Å²) in [5.41, 5.74) is -1.25. The first-order chi connectivity index (χ1) is 8.91. The average molecular weight is 264 g/mol. The molecule has 3 amide bonds. The number of ketones is 1. The van der Waals surface area contributed by atoms with Crippen LogP contribution in [-0.4, -0.2) is 28.7 Å². The van der Waals surface area contributed by atoms with Crippen LogP contribution in [0, 0.1) is 0 Å². The maximum Gasteiger partial charge on any atom is 0.326 e. The van der Waals surface area contributed by atoms with Gasteiger partial charge in [0, 0.05) is 6.42 Å². The largest absolute Gasteiger partial charge is 0.466 e. The lowest BCUT2D eigenvalue weighted by Gasteiger charge is -2.22. The molecule has 2 rings (SSSR count). The van der Waals surface area contributed by atoms with Crippen LogP contribution in [0.25, 0.3) is 0 Å². The van der Waals surface area contributed by atoms with E-state index in [0.29, 0.717) is 5.76 Å². The van der Waals surface area contributed by atoms with Crippen molar-refractivity contribution in [1.82, 2.24) is 10.2 Å². The predicted octanol–water partition coefficient (Wildman–Crippen LogP) is 1.41. The number of hydrogen-bond donors (Lipinski definition) is 1. The van der Waals surface area contributed by atoms with Crippen molar-refractivity contribution in [3.05, 3.63) is 24.2 Å². The van der Waals surface area contributed by atoms with Crippen molar-refractivity contribution in [2.24, 2.45) is 0 Å². The van der Waals surface area contributed by atoms with E-state index in [2.05, 4.69) is 5.32 Å². The molecule has 0 bridgehead atoms. The highest BCUT2D eigenvalue weighted by Crippen LogP contribution is 2.30. The summed E-state index contributed by atoms with van der Waals surface area (Å²) in [4.78, 5) is 37.0. The van der Waals surface area contributed by atoms with Crippen molar-refractivity contribution in [1.29, 1.82) is 0 Å². The Labute approximate surface area is 110 Å². The predicted molar refractivity (Wildman–Crippen MR) is 66.2 cm³/mol. The third-order valence-electron chi connectivity index (χ3n) is 3.44. The van der Waals surface area contributed by atoms with Gasteiger partial charge < -0.3 is 9.73 Å². The average Bonchev–Trinajstić information content (AvgIpc) is 2.97. The molecule has 1 aliphatic heterocycles. The van der Waals surface area contributed by atoms with Crippen molar-refractivity contribution >= 4 is 17.7 Å². The molecule has 102 valence electrons. The molecule has 0 saturated carbocycles. The van der Waals surface area contributed by atoms with Crippen LogP contribution in [0.4, 0.5) is 4.79 Å². The van der Waals surface area contributed by atoms with Crippen LogP contribution >= 0.6 is 0 Å². The molecule has 2 unspecified atom stereocenters. The summed E-state index contributed by atoms with van der Waals surface area (Å²) in [5.74, 6) is -0.279. The second-order valence-electron chi connectivity index (χ2n) is 4.70. The third kappa shape index (κ3) is 1.93. The summed E-state index contributed by atoms with van der Waals surface area (Å²) < 4.78 is 5.21. The number of urea groups is 1. The summed E-state index contributed by atoms with van der Waals surface area (Å²) >= 11 is 0. The Kier molecular flexibility index (Phi) is 3.18. The Balaban J connectivity index is 2.34. The molecular formula is C13H16N2O4. The van der Waals surface area contributed by atoms with E-state index in [1.807, 2.05) is 0 Å². The summed E-state index contributed by atoms with van der Waals surface area (Å²) in [7, 11) is 0. The van der Waals surface area contributed by atoms with Crippen molar-refractivity contribution in [3.63, 3.8) is 0 Å². The molecule has 19 heavy (non-hydrogen) atoms. The van der Waals surface area contributed by atoms with Crippen molar-refractivity contribution in [2.75, 3.05) is 0 Å². The molecular weight excluding hydrogens is 248 g/mol. The minimum absolute atomic E-state index is 0.160. The van der Waals surface area contributed by atoms with E-state index in [4.69, 9.17) is 4.42 Å². The van der Waals surface area contributed by atoms with Crippen LogP contribution in [0.5, 0.6) is 0 Å². The van der Waals surface area contributed by atoms with Crippen LogP contribution in [0.1, 0.15) is 33.0 Å². The van der Waals surface area contributed by atoms with E-state index in [1.165, 1.54) is 6.26 Å². The van der Waals surface area contributed by atoms with Gasteiger partial charge in [0.05, 0.1) is 12.3 Å². The number of carbonyl (C=O) groups excluding carboxylic acids is 3. The zero-order chi connectivity index (χ0) is 14.2. The van der Waals surface area contributed by atoms with Gasteiger partial charge >= 0.3 is 6.03 Å². The van der Waals surface area contributed by atoms with Gasteiger partial charge in [0.2, 0.25) is 0 Å². The van der Waals surface area contributed by atoms with Gasteiger partial charge in [0.1, 0.15) is 5.76 Å². The van der Waals surface area contributed by atoms with E-state index in [9.17, 15) is 14.4 Å². The molecule has 1 N–H and O–H groups in total. The van der Waals surface area contributed by atoms with Crippen molar-refractivity contribution in [3.8, 4) is 0 Å². The molecule has 0 spiro atoms. The van der Waals surface area contributed by atoms with E-state index < -0.39 is 23.5 Å². The third-order valence-corrected chi connectivity index (χ3v) is 3.44. The van der Waals surface area contributed by atoms with Gasteiger partial charge in [-0.15, -0.1) is 0 Å². The zero-order valence-electron chi connectivity index (χ0n) is 11.1. The van der Waals surface area contributed by atoms with Gasteiger partial charge in [0.25, 0.3) is 5.91 Å². The van der Waals surface area contributed by atoms with Crippen LogP contribution in [0.3, 0.4) is 0 Å². The number of Topliss-reactive ketones (excluding diaryl/α,β-unsaturated/α-hetero) is 1. The number of nitrogens with zero attached hydrogens (tertiary/aromatic N) is 1. The number of rotatable bonds is 4. The number of carbonyl (C=O) groups is 3. The molecule has 1 aliphatic rings. The topological polar surface area (TPSA) is 79.6 Å².